The minimum atomic E-state index is 0.418. The summed E-state index contributed by atoms with van der Waals surface area (Å²) in [5, 5.41) is 12.6. The maximum Gasteiger partial charge on any atom is 0.113 e. The summed E-state index contributed by atoms with van der Waals surface area (Å²) < 4.78 is 1.85. The average Bonchev–Trinajstić information content (AvgIpc) is 2.89. The van der Waals surface area contributed by atoms with Crippen LogP contribution in [0.15, 0.2) is 42.5 Å². The van der Waals surface area contributed by atoms with E-state index in [9.17, 15) is 0 Å². The van der Waals surface area contributed by atoms with Gasteiger partial charge in [0.05, 0.1) is 11.2 Å². The highest BCUT2D eigenvalue weighted by Gasteiger charge is 2.11. The first kappa shape index (κ1) is 14.0. The smallest absolute Gasteiger partial charge is 0.113 e. The van der Waals surface area contributed by atoms with Crippen LogP contribution in [-0.4, -0.2) is 21.0 Å². The third-order valence-corrected chi connectivity index (χ3v) is 3.56. The summed E-state index contributed by atoms with van der Waals surface area (Å²) in [5.74, 6) is 0. The van der Waals surface area contributed by atoms with Crippen molar-refractivity contribution < 1.29 is 0 Å². The van der Waals surface area contributed by atoms with Gasteiger partial charge < -0.3 is 5.32 Å². The maximum atomic E-state index is 6.17. The summed E-state index contributed by atoms with van der Waals surface area (Å²) in [6.07, 6.45) is 0. The van der Waals surface area contributed by atoms with Gasteiger partial charge in [-0.15, -0.1) is 5.10 Å². The van der Waals surface area contributed by atoms with Gasteiger partial charge in [0.2, 0.25) is 0 Å². The van der Waals surface area contributed by atoms with Crippen molar-refractivity contribution >= 4 is 22.6 Å². The van der Waals surface area contributed by atoms with Gasteiger partial charge in [0, 0.05) is 17.6 Å². The summed E-state index contributed by atoms with van der Waals surface area (Å²) in [6.45, 7) is 5.01. The van der Waals surface area contributed by atoms with Gasteiger partial charge in [-0.2, -0.15) is 0 Å². The number of hydrogen-bond donors (Lipinski definition) is 1. The maximum absolute atomic E-state index is 6.17. The number of para-hydroxylation sites is 1. The van der Waals surface area contributed by atoms with Crippen LogP contribution in [0.1, 0.15) is 19.4 Å². The predicted octanol–water partition coefficient (Wildman–Crippen LogP) is 3.57. The number of aromatic nitrogens is 3. The fourth-order valence-electron chi connectivity index (χ4n) is 2.24. The highest BCUT2D eigenvalue weighted by Crippen LogP contribution is 2.23. The van der Waals surface area contributed by atoms with Crippen LogP contribution in [0.5, 0.6) is 0 Å². The van der Waals surface area contributed by atoms with Crippen molar-refractivity contribution in [2.24, 2.45) is 0 Å². The molecule has 0 aliphatic carbocycles. The van der Waals surface area contributed by atoms with Crippen LogP contribution in [0, 0.1) is 0 Å². The van der Waals surface area contributed by atoms with Gasteiger partial charge in [-0.1, -0.05) is 48.9 Å². The van der Waals surface area contributed by atoms with E-state index in [1.165, 1.54) is 0 Å². The van der Waals surface area contributed by atoms with Crippen molar-refractivity contribution in [1.82, 2.24) is 20.3 Å². The van der Waals surface area contributed by atoms with Crippen molar-refractivity contribution in [2.75, 3.05) is 0 Å². The zero-order valence-corrected chi connectivity index (χ0v) is 12.8. The molecule has 5 heteroatoms. The first-order valence-corrected chi connectivity index (χ1v) is 7.35. The molecular weight excluding hydrogens is 284 g/mol. The molecule has 3 rings (SSSR count). The van der Waals surface area contributed by atoms with E-state index < -0.39 is 0 Å². The number of fused-ring (bicyclic) bond motifs is 1. The molecule has 0 unspecified atom stereocenters. The molecule has 1 N–H and O–H groups in total. The molecule has 0 saturated heterocycles. The molecule has 1 aromatic heterocycles. The highest BCUT2D eigenvalue weighted by molar-refractivity contribution is 6.30. The summed E-state index contributed by atoms with van der Waals surface area (Å²) in [7, 11) is 0. The van der Waals surface area contributed by atoms with Crippen LogP contribution >= 0.6 is 11.6 Å². The SMILES string of the molecule is CC(C)NCc1ccc(Cl)cc1-n1nnc2ccccc21. The first-order chi connectivity index (χ1) is 10.1. The number of halogens is 1. The Morgan fingerprint density at radius 2 is 2.00 bits per heavy atom. The van der Waals surface area contributed by atoms with Gasteiger partial charge in [-0.25, -0.2) is 4.68 Å². The Bertz CT molecular complexity index is 764. The zero-order valence-electron chi connectivity index (χ0n) is 12.0. The lowest BCUT2D eigenvalue weighted by Gasteiger charge is -2.13. The van der Waals surface area contributed by atoms with E-state index in [2.05, 4.69) is 29.5 Å². The molecule has 0 atom stereocenters. The molecule has 0 fully saturated rings. The molecule has 0 bridgehead atoms. The quantitative estimate of drug-likeness (QED) is 0.801. The van der Waals surface area contributed by atoms with E-state index in [1.807, 2.05) is 47.1 Å². The second-order valence-electron chi connectivity index (χ2n) is 5.30. The summed E-state index contributed by atoms with van der Waals surface area (Å²) in [4.78, 5) is 0. The van der Waals surface area contributed by atoms with Gasteiger partial charge in [0.1, 0.15) is 5.52 Å². The topological polar surface area (TPSA) is 42.7 Å². The number of rotatable bonds is 4. The Labute approximate surface area is 128 Å². The molecule has 0 spiro atoms. The lowest BCUT2D eigenvalue weighted by atomic mass is 10.1. The van der Waals surface area contributed by atoms with E-state index >= 15 is 0 Å². The van der Waals surface area contributed by atoms with Crippen LogP contribution in [0.3, 0.4) is 0 Å². The fraction of sp³-hybridized carbons (Fsp3) is 0.250. The molecule has 0 aliphatic rings. The van der Waals surface area contributed by atoms with E-state index in [0.717, 1.165) is 28.8 Å². The molecule has 108 valence electrons. The van der Waals surface area contributed by atoms with Crippen LogP contribution < -0.4 is 5.32 Å². The van der Waals surface area contributed by atoms with Gasteiger partial charge >= 0.3 is 0 Å². The van der Waals surface area contributed by atoms with Gasteiger partial charge in [-0.05, 0) is 29.8 Å². The molecule has 4 nitrogen and oxygen atoms in total. The highest BCUT2D eigenvalue weighted by atomic mass is 35.5. The Morgan fingerprint density at radius 3 is 2.81 bits per heavy atom. The first-order valence-electron chi connectivity index (χ1n) is 6.98. The predicted molar refractivity (Wildman–Crippen MR) is 85.9 cm³/mol. The van der Waals surface area contributed by atoms with E-state index in [1.54, 1.807) is 0 Å². The van der Waals surface area contributed by atoms with Crippen LogP contribution in [0.25, 0.3) is 16.7 Å². The van der Waals surface area contributed by atoms with Crippen molar-refractivity contribution in [1.29, 1.82) is 0 Å². The Balaban J connectivity index is 2.10. The summed E-state index contributed by atoms with van der Waals surface area (Å²) in [6, 6.07) is 14.2. The second-order valence-corrected chi connectivity index (χ2v) is 5.74. The van der Waals surface area contributed by atoms with Crippen molar-refractivity contribution in [2.45, 2.75) is 26.4 Å². The zero-order chi connectivity index (χ0) is 14.8. The fourth-order valence-corrected chi connectivity index (χ4v) is 2.41. The summed E-state index contributed by atoms with van der Waals surface area (Å²) >= 11 is 6.17. The third-order valence-electron chi connectivity index (χ3n) is 3.33. The lowest BCUT2D eigenvalue weighted by Crippen LogP contribution is -2.22. The molecular formula is C16H17ClN4. The van der Waals surface area contributed by atoms with Crippen LogP contribution in [-0.2, 0) is 6.54 Å². The molecule has 21 heavy (non-hydrogen) atoms. The van der Waals surface area contributed by atoms with Crippen molar-refractivity contribution in [3.8, 4) is 5.69 Å². The number of benzene rings is 2. The van der Waals surface area contributed by atoms with E-state index in [0.29, 0.717) is 11.1 Å². The monoisotopic (exact) mass is 300 g/mol. The standard InChI is InChI=1S/C16H17ClN4/c1-11(2)18-10-12-7-8-13(17)9-16(12)21-15-6-4-3-5-14(15)19-20-21/h3-9,11,18H,10H2,1-2H3. The lowest BCUT2D eigenvalue weighted by molar-refractivity contribution is 0.586. The Kier molecular flexibility index (Phi) is 3.90. The molecule has 0 aliphatic heterocycles. The molecule has 1 heterocycles. The second kappa shape index (κ2) is 5.84. The molecule has 0 saturated carbocycles. The van der Waals surface area contributed by atoms with Crippen molar-refractivity contribution in [3.63, 3.8) is 0 Å². The van der Waals surface area contributed by atoms with Crippen molar-refractivity contribution in [3.05, 3.63) is 53.1 Å². The minimum absolute atomic E-state index is 0.418. The number of hydrogen-bond acceptors (Lipinski definition) is 3. The third kappa shape index (κ3) is 2.91. The Morgan fingerprint density at radius 1 is 1.19 bits per heavy atom. The van der Waals surface area contributed by atoms with Crippen LogP contribution in [0.4, 0.5) is 0 Å². The Hall–Kier alpha value is -1.91. The minimum Gasteiger partial charge on any atom is -0.310 e. The van der Waals surface area contributed by atoms with Gasteiger partial charge in [-0.3, -0.25) is 0 Å². The van der Waals surface area contributed by atoms with Gasteiger partial charge in [0.25, 0.3) is 0 Å². The van der Waals surface area contributed by atoms with E-state index in [4.69, 9.17) is 11.6 Å². The average molecular weight is 301 g/mol. The van der Waals surface area contributed by atoms with Gasteiger partial charge in [0.15, 0.2) is 0 Å². The molecule has 3 aromatic rings. The molecule has 2 aromatic carbocycles. The summed E-state index contributed by atoms with van der Waals surface area (Å²) in [5.41, 5.74) is 3.96. The number of nitrogens with zero attached hydrogens (tertiary/aromatic N) is 3. The number of nitrogens with one attached hydrogen (secondary N) is 1. The van der Waals surface area contributed by atoms with Crippen LogP contribution in [0.2, 0.25) is 5.02 Å². The normalized spacial score (nSPS) is 11.4. The molecule has 0 amide bonds. The van der Waals surface area contributed by atoms with E-state index in [-0.39, 0.29) is 0 Å². The molecule has 0 radical (unpaired) electrons. The largest absolute Gasteiger partial charge is 0.310 e.